The first-order valence-corrected chi connectivity index (χ1v) is 8.27. The van der Waals surface area contributed by atoms with E-state index in [1.165, 1.54) is 32.9 Å². The molecular formula is C19H16NO4+. The van der Waals surface area contributed by atoms with Gasteiger partial charge in [-0.05, 0) is 35.4 Å². The van der Waals surface area contributed by atoms with E-state index in [-0.39, 0.29) is 0 Å². The molecule has 4 aliphatic heterocycles. The molecule has 1 unspecified atom stereocenters. The number of nitrogens with one attached hydrogen (secondary N) is 1. The van der Waals surface area contributed by atoms with Crippen molar-refractivity contribution in [1.82, 2.24) is 0 Å². The molecule has 6 rings (SSSR count). The minimum absolute atomic E-state index is 0.317. The highest BCUT2D eigenvalue weighted by atomic mass is 16.7. The van der Waals surface area contributed by atoms with Crippen molar-refractivity contribution in [1.29, 1.82) is 0 Å². The maximum absolute atomic E-state index is 5.58. The summed E-state index contributed by atoms with van der Waals surface area (Å²) in [6.45, 7) is 2.70. The molecule has 0 radical (unpaired) electrons. The first-order valence-electron chi connectivity index (χ1n) is 8.27. The first-order chi connectivity index (χ1) is 11.8. The number of hydrogen-bond acceptors (Lipinski definition) is 4. The van der Waals surface area contributed by atoms with Crippen LogP contribution in [-0.4, -0.2) is 20.1 Å². The molecule has 0 saturated heterocycles. The van der Waals surface area contributed by atoms with E-state index in [0.29, 0.717) is 13.6 Å². The van der Waals surface area contributed by atoms with Crippen molar-refractivity contribution in [3.63, 3.8) is 0 Å². The fraction of sp³-hybridized carbons (Fsp3) is 0.263. The predicted octanol–water partition coefficient (Wildman–Crippen LogP) is 1.60. The number of hydrogen-bond donors (Lipinski definition) is 1. The van der Waals surface area contributed by atoms with Crippen LogP contribution < -0.4 is 23.8 Å². The van der Waals surface area contributed by atoms with Gasteiger partial charge in [-0.2, -0.15) is 0 Å². The van der Waals surface area contributed by atoms with E-state index in [0.717, 1.165) is 42.5 Å². The van der Waals surface area contributed by atoms with Crippen molar-refractivity contribution in [3.8, 4) is 23.0 Å². The van der Waals surface area contributed by atoms with Gasteiger partial charge in [0.25, 0.3) is 0 Å². The molecule has 0 aliphatic carbocycles. The summed E-state index contributed by atoms with van der Waals surface area (Å²) in [6.07, 6.45) is 3.34. The molecule has 5 heteroatoms. The van der Waals surface area contributed by atoms with Gasteiger partial charge in [-0.15, -0.1) is 0 Å². The quantitative estimate of drug-likeness (QED) is 0.800. The van der Waals surface area contributed by atoms with Crippen LogP contribution in [0.4, 0.5) is 0 Å². The van der Waals surface area contributed by atoms with Gasteiger partial charge in [-0.1, -0.05) is 0 Å². The summed E-state index contributed by atoms with van der Waals surface area (Å²) in [5.74, 6) is 3.44. The Balaban J connectivity index is 1.52. The molecule has 0 aromatic heterocycles. The topological polar surface area (TPSA) is 41.4 Å². The average Bonchev–Trinajstić information content (AvgIpc) is 3.24. The standard InChI is InChI=1S/C19H15NO4/c1-2-20-8-13-6-18-17(22-9-23-18)5-12(13)3-15(20)14-7-19-16(4-11(1)14)21-10-24-19/h3-7H,1-2,8-10H2/p+1. The SMILES string of the molecule is C1=C2c3cc4c(cc3CC[NH+]2Cc2cc3c(cc21)OCO3)OCO4. The van der Waals surface area contributed by atoms with Crippen molar-refractivity contribution >= 4 is 11.8 Å². The fourth-order valence-electron chi connectivity index (χ4n) is 4.09. The molecule has 1 atom stereocenters. The van der Waals surface area contributed by atoms with E-state index < -0.39 is 0 Å². The van der Waals surface area contributed by atoms with Crippen molar-refractivity contribution in [2.24, 2.45) is 0 Å². The summed E-state index contributed by atoms with van der Waals surface area (Å²) in [6, 6.07) is 8.51. The molecule has 5 nitrogen and oxygen atoms in total. The normalized spacial score (nSPS) is 21.7. The van der Waals surface area contributed by atoms with Crippen LogP contribution >= 0.6 is 0 Å². The summed E-state index contributed by atoms with van der Waals surface area (Å²) < 4.78 is 22.2. The zero-order valence-electron chi connectivity index (χ0n) is 13.1. The highest BCUT2D eigenvalue weighted by Crippen LogP contribution is 2.40. The van der Waals surface area contributed by atoms with Crippen molar-refractivity contribution in [2.75, 3.05) is 20.1 Å². The first kappa shape index (κ1) is 12.7. The lowest BCUT2D eigenvalue weighted by Gasteiger charge is -2.31. The van der Waals surface area contributed by atoms with Gasteiger partial charge >= 0.3 is 0 Å². The van der Waals surface area contributed by atoms with Crippen LogP contribution in [-0.2, 0) is 13.0 Å². The molecule has 24 heavy (non-hydrogen) atoms. The average molecular weight is 322 g/mol. The second kappa shape index (κ2) is 4.45. The van der Waals surface area contributed by atoms with Crippen LogP contribution in [0.3, 0.4) is 0 Å². The molecule has 0 bridgehead atoms. The van der Waals surface area contributed by atoms with E-state index in [4.69, 9.17) is 18.9 Å². The monoisotopic (exact) mass is 322 g/mol. The third-order valence-corrected chi connectivity index (χ3v) is 5.30. The number of fused-ring (bicyclic) bond motifs is 6. The van der Waals surface area contributed by atoms with Crippen LogP contribution in [0, 0.1) is 0 Å². The zero-order chi connectivity index (χ0) is 15.7. The minimum Gasteiger partial charge on any atom is -0.454 e. The molecule has 0 fully saturated rings. The summed E-state index contributed by atoms with van der Waals surface area (Å²) in [5, 5.41) is 0. The van der Waals surface area contributed by atoms with E-state index >= 15 is 0 Å². The summed E-state index contributed by atoms with van der Waals surface area (Å²) in [7, 11) is 0. The Morgan fingerprint density at radius 1 is 0.750 bits per heavy atom. The molecule has 0 spiro atoms. The summed E-state index contributed by atoms with van der Waals surface area (Å²) in [5.41, 5.74) is 6.51. The smallest absolute Gasteiger partial charge is 0.231 e. The van der Waals surface area contributed by atoms with Gasteiger partial charge in [-0.3, -0.25) is 4.90 Å². The highest BCUT2D eigenvalue weighted by Gasteiger charge is 2.33. The van der Waals surface area contributed by atoms with E-state index in [1.807, 2.05) is 0 Å². The number of benzene rings is 2. The van der Waals surface area contributed by atoms with E-state index in [1.54, 1.807) is 0 Å². The Hall–Kier alpha value is -2.66. The molecule has 0 saturated carbocycles. The molecule has 0 amide bonds. The Labute approximate surface area is 139 Å². The highest BCUT2D eigenvalue weighted by molar-refractivity contribution is 5.82. The van der Waals surface area contributed by atoms with Crippen molar-refractivity contribution in [3.05, 3.63) is 46.5 Å². The van der Waals surface area contributed by atoms with Gasteiger partial charge in [0.1, 0.15) is 12.2 Å². The third kappa shape index (κ3) is 1.67. The van der Waals surface area contributed by atoms with Crippen LogP contribution in [0.2, 0.25) is 0 Å². The number of ether oxygens (including phenoxy) is 4. The molecule has 120 valence electrons. The van der Waals surface area contributed by atoms with Crippen LogP contribution in [0.25, 0.3) is 11.8 Å². The van der Waals surface area contributed by atoms with Gasteiger partial charge in [-0.25, -0.2) is 0 Å². The van der Waals surface area contributed by atoms with Gasteiger partial charge in [0.15, 0.2) is 23.0 Å². The second-order valence-electron chi connectivity index (χ2n) is 6.61. The molecule has 4 heterocycles. The molecular weight excluding hydrogens is 306 g/mol. The maximum atomic E-state index is 5.58. The Kier molecular flexibility index (Phi) is 2.36. The fourth-order valence-corrected chi connectivity index (χ4v) is 4.09. The third-order valence-electron chi connectivity index (χ3n) is 5.30. The van der Waals surface area contributed by atoms with E-state index in [9.17, 15) is 0 Å². The van der Waals surface area contributed by atoms with Gasteiger partial charge in [0.05, 0.1) is 6.54 Å². The Morgan fingerprint density at radius 3 is 2.21 bits per heavy atom. The van der Waals surface area contributed by atoms with Gasteiger partial charge in [0, 0.05) is 23.6 Å². The van der Waals surface area contributed by atoms with Crippen LogP contribution in [0.1, 0.15) is 22.3 Å². The largest absolute Gasteiger partial charge is 0.454 e. The minimum atomic E-state index is 0.317. The van der Waals surface area contributed by atoms with Gasteiger partial charge < -0.3 is 18.9 Å². The van der Waals surface area contributed by atoms with Crippen molar-refractivity contribution < 1.29 is 23.8 Å². The summed E-state index contributed by atoms with van der Waals surface area (Å²) >= 11 is 0. The van der Waals surface area contributed by atoms with Crippen molar-refractivity contribution in [2.45, 2.75) is 13.0 Å². The van der Waals surface area contributed by atoms with E-state index in [2.05, 4.69) is 30.3 Å². The Morgan fingerprint density at radius 2 is 1.42 bits per heavy atom. The molecule has 2 aromatic rings. The number of quaternary nitrogens is 1. The van der Waals surface area contributed by atoms with Crippen LogP contribution in [0.15, 0.2) is 24.3 Å². The van der Waals surface area contributed by atoms with Crippen LogP contribution in [0.5, 0.6) is 23.0 Å². The molecule has 1 N–H and O–H groups in total. The summed E-state index contributed by atoms with van der Waals surface area (Å²) in [4.78, 5) is 1.49. The molecule has 2 aromatic carbocycles. The second-order valence-corrected chi connectivity index (χ2v) is 6.61. The van der Waals surface area contributed by atoms with Gasteiger partial charge in [0.2, 0.25) is 13.6 Å². The lowest BCUT2D eigenvalue weighted by atomic mass is 9.90. The number of rotatable bonds is 0. The lowest BCUT2D eigenvalue weighted by molar-refractivity contribution is -0.841. The Bertz CT molecular complexity index is 918. The molecule has 4 aliphatic rings. The zero-order valence-corrected chi connectivity index (χ0v) is 13.1. The predicted molar refractivity (Wildman–Crippen MR) is 86.2 cm³/mol. The lowest BCUT2D eigenvalue weighted by Crippen LogP contribution is -3.09. The maximum Gasteiger partial charge on any atom is 0.231 e.